The molecule has 1 atom stereocenters. The standard InChI is InChI=1S/C13H18N2O3/c1-13(17)5-6-15(8-13)12(16)9-3-4-11(18-2)10(14)7-9/h3-4,7,17H,5-6,8,14H2,1-2H3. The number of aliphatic hydroxyl groups is 1. The lowest BCUT2D eigenvalue weighted by Crippen LogP contribution is -2.33. The Balaban J connectivity index is 2.17. The Morgan fingerprint density at radius 1 is 1.56 bits per heavy atom. The zero-order chi connectivity index (χ0) is 13.3. The molecule has 1 heterocycles. The highest BCUT2D eigenvalue weighted by Crippen LogP contribution is 2.25. The summed E-state index contributed by atoms with van der Waals surface area (Å²) in [5.74, 6) is 0.446. The van der Waals surface area contributed by atoms with Gasteiger partial charge in [-0.1, -0.05) is 0 Å². The van der Waals surface area contributed by atoms with Gasteiger partial charge in [0.1, 0.15) is 5.75 Å². The van der Waals surface area contributed by atoms with Crippen LogP contribution in [-0.2, 0) is 0 Å². The monoisotopic (exact) mass is 250 g/mol. The fraction of sp³-hybridized carbons (Fsp3) is 0.462. The van der Waals surface area contributed by atoms with Crippen LogP contribution in [0.2, 0.25) is 0 Å². The summed E-state index contributed by atoms with van der Waals surface area (Å²) < 4.78 is 5.05. The van der Waals surface area contributed by atoms with Crippen molar-refractivity contribution in [2.75, 3.05) is 25.9 Å². The molecule has 1 aromatic rings. The molecule has 1 aliphatic heterocycles. The van der Waals surface area contributed by atoms with Gasteiger partial charge in [-0.05, 0) is 31.5 Å². The molecule has 3 N–H and O–H groups in total. The zero-order valence-corrected chi connectivity index (χ0v) is 10.6. The minimum absolute atomic E-state index is 0.109. The summed E-state index contributed by atoms with van der Waals surface area (Å²) >= 11 is 0. The lowest BCUT2D eigenvalue weighted by Gasteiger charge is -2.19. The van der Waals surface area contributed by atoms with Crippen LogP contribution in [-0.4, -0.2) is 41.7 Å². The van der Waals surface area contributed by atoms with Gasteiger partial charge in [0.2, 0.25) is 0 Å². The van der Waals surface area contributed by atoms with E-state index in [0.29, 0.717) is 36.5 Å². The molecular formula is C13H18N2O3. The topological polar surface area (TPSA) is 75.8 Å². The number of nitrogens with two attached hydrogens (primary N) is 1. The van der Waals surface area contributed by atoms with E-state index < -0.39 is 5.60 Å². The van der Waals surface area contributed by atoms with Gasteiger partial charge in [0.25, 0.3) is 5.91 Å². The number of likely N-dealkylation sites (tertiary alicyclic amines) is 1. The van der Waals surface area contributed by atoms with Crippen LogP contribution in [0.3, 0.4) is 0 Å². The number of methoxy groups -OCH3 is 1. The summed E-state index contributed by atoms with van der Waals surface area (Å²) in [5.41, 5.74) is 5.95. The summed E-state index contributed by atoms with van der Waals surface area (Å²) in [6.45, 7) is 2.66. The Kier molecular flexibility index (Phi) is 3.17. The molecule has 0 radical (unpaired) electrons. The Hall–Kier alpha value is -1.75. The average molecular weight is 250 g/mol. The third kappa shape index (κ3) is 2.41. The van der Waals surface area contributed by atoms with Gasteiger partial charge < -0.3 is 20.5 Å². The third-order valence-electron chi connectivity index (χ3n) is 3.22. The predicted molar refractivity (Wildman–Crippen MR) is 68.6 cm³/mol. The fourth-order valence-electron chi connectivity index (χ4n) is 2.17. The molecule has 2 rings (SSSR count). The highest BCUT2D eigenvalue weighted by molar-refractivity contribution is 5.95. The molecule has 1 aliphatic rings. The zero-order valence-electron chi connectivity index (χ0n) is 10.6. The molecule has 0 aromatic heterocycles. The van der Waals surface area contributed by atoms with Gasteiger partial charge in [0.05, 0.1) is 18.4 Å². The maximum absolute atomic E-state index is 12.2. The van der Waals surface area contributed by atoms with Crippen LogP contribution in [0.15, 0.2) is 18.2 Å². The second-order valence-electron chi connectivity index (χ2n) is 4.93. The molecule has 98 valence electrons. The number of benzene rings is 1. The van der Waals surface area contributed by atoms with E-state index >= 15 is 0 Å². The molecule has 1 aromatic carbocycles. The second kappa shape index (κ2) is 4.49. The molecule has 1 fully saturated rings. The molecule has 5 nitrogen and oxygen atoms in total. The quantitative estimate of drug-likeness (QED) is 0.764. The van der Waals surface area contributed by atoms with Crippen molar-refractivity contribution in [1.82, 2.24) is 4.90 Å². The number of amides is 1. The highest BCUT2D eigenvalue weighted by atomic mass is 16.5. The number of hydrogen-bond acceptors (Lipinski definition) is 4. The summed E-state index contributed by atoms with van der Waals surface area (Å²) in [4.78, 5) is 13.8. The van der Waals surface area contributed by atoms with Crippen LogP contribution in [0.1, 0.15) is 23.7 Å². The number of nitrogens with zero attached hydrogens (tertiary/aromatic N) is 1. The molecule has 1 amide bonds. The summed E-state index contributed by atoms with van der Waals surface area (Å²) in [5, 5.41) is 9.86. The SMILES string of the molecule is COc1ccc(C(=O)N2CCC(C)(O)C2)cc1N. The molecule has 1 unspecified atom stereocenters. The lowest BCUT2D eigenvalue weighted by atomic mass is 10.1. The first-order valence-electron chi connectivity index (χ1n) is 5.88. The van der Waals surface area contributed by atoms with Gasteiger partial charge >= 0.3 is 0 Å². The van der Waals surface area contributed by atoms with Gasteiger partial charge in [-0.2, -0.15) is 0 Å². The van der Waals surface area contributed by atoms with Gasteiger partial charge in [0.15, 0.2) is 0 Å². The van der Waals surface area contributed by atoms with Gasteiger partial charge in [-0.3, -0.25) is 4.79 Å². The maximum Gasteiger partial charge on any atom is 0.254 e. The third-order valence-corrected chi connectivity index (χ3v) is 3.22. The minimum atomic E-state index is -0.784. The molecule has 5 heteroatoms. The van der Waals surface area contributed by atoms with E-state index in [1.807, 2.05) is 0 Å². The number of nitrogen functional groups attached to an aromatic ring is 1. The van der Waals surface area contributed by atoms with Crippen LogP contribution in [0.5, 0.6) is 5.75 Å². The number of ether oxygens (including phenoxy) is 1. The summed E-state index contributed by atoms with van der Waals surface area (Å²) in [6, 6.07) is 4.97. The molecule has 0 spiro atoms. The fourth-order valence-corrected chi connectivity index (χ4v) is 2.17. The van der Waals surface area contributed by atoms with Gasteiger partial charge in [0, 0.05) is 18.7 Å². The van der Waals surface area contributed by atoms with Gasteiger partial charge in [-0.15, -0.1) is 0 Å². The Morgan fingerprint density at radius 3 is 2.78 bits per heavy atom. The van der Waals surface area contributed by atoms with E-state index in [0.717, 1.165) is 0 Å². The minimum Gasteiger partial charge on any atom is -0.495 e. The number of anilines is 1. The maximum atomic E-state index is 12.2. The van der Waals surface area contributed by atoms with Crippen molar-refractivity contribution >= 4 is 11.6 Å². The van der Waals surface area contributed by atoms with Crippen molar-refractivity contribution in [2.24, 2.45) is 0 Å². The smallest absolute Gasteiger partial charge is 0.254 e. The molecule has 0 aliphatic carbocycles. The van der Waals surface area contributed by atoms with Crippen molar-refractivity contribution in [3.05, 3.63) is 23.8 Å². The lowest BCUT2D eigenvalue weighted by molar-refractivity contribution is 0.0572. The second-order valence-corrected chi connectivity index (χ2v) is 4.93. The summed E-state index contributed by atoms with van der Waals surface area (Å²) in [7, 11) is 1.53. The van der Waals surface area contributed by atoms with E-state index in [1.165, 1.54) is 7.11 Å². The first-order chi connectivity index (χ1) is 8.43. The molecule has 1 saturated heterocycles. The number of carbonyl (C=O) groups is 1. The van der Waals surface area contributed by atoms with Crippen LogP contribution >= 0.6 is 0 Å². The Labute approximate surface area is 106 Å². The molecule has 18 heavy (non-hydrogen) atoms. The summed E-state index contributed by atoms with van der Waals surface area (Å²) in [6.07, 6.45) is 0.602. The Morgan fingerprint density at radius 2 is 2.28 bits per heavy atom. The van der Waals surface area contributed by atoms with Crippen LogP contribution in [0.25, 0.3) is 0 Å². The molecule has 0 saturated carbocycles. The normalized spacial score (nSPS) is 23.2. The van der Waals surface area contributed by atoms with Crippen molar-refractivity contribution < 1.29 is 14.6 Å². The van der Waals surface area contributed by atoms with E-state index in [9.17, 15) is 9.90 Å². The van der Waals surface area contributed by atoms with Crippen molar-refractivity contribution in [3.63, 3.8) is 0 Å². The predicted octanol–water partition coefficient (Wildman–Crippen LogP) is 0.874. The number of hydrogen-bond donors (Lipinski definition) is 2. The van der Waals surface area contributed by atoms with E-state index in [2.05, 4.69) is 0 Å². The molecule has 0 bridgehead atoms. The average Bonchev–Trinajstić information content (AvgIpc) is 2.68. The van der Waals surface area contributed by atoms with Crippen LogP contribution in [0.4, 0.5) is 5.69 Å². The number of β-amino-alcohol motifs (C(OH)–C–C–N with tert-alkyl or cyclic N) is 1. The van der Waals surface area contributed by atoms with Gasteiger partial charge in [-0.25, -0.2) is 0 Å². The number of rotatable bonds is 2. The Bertz CT molecular complexity index is 471. The van der Waals surface area contributed by atoms with E-state index in [4.69, 9.17) is 10.5 Å². The first kappa shape index (κ1) is 12.7. The van der Waals surface area contributed by atoms with E-state index in [-0.39, 0.29) is 5.91 Å². The highest BCUT2D eigenvalue weighted by Gasteiger charge is 2.34. The van der Waals surface area contributed by atoms with Crippen LogP contribution in [0, 0.1) is 0 Å². The van der Waals surface area contributed by atoms with Crippen LogP contribution < -0.4 is 10.5 Å². The number of carbonyl (C=O) groups excluding carboxylic acids is 1. The van der Waals surface area contributed by atoms with Crippen molar-refractivity contribution in [3.8, 4) is 5.75 Å². The first-order valence-corrected chi connectivity index (χ1v) is 5.88. The largest absolute Gasteiger partial charge is 0.495 e. The van der Waals surface area contributed by atoms with Crippen molar-refractivity contribution in [2.45, 2.75) is 18.9 Å². The van der Waals surface area contributed by atoms with Crippen molar-refractivity contribution in [1.29, 1.82) is 0 Å². The van der Waals surface area contributed by atoms with E-state index in [1.54, 1.807) is 30.0 Å². The molecular weight excluding hydrogens is 232 g/mol.